The number of amides is 1. The Morgan fingerprint density at radius 3 is 2.63 bits per heavy atom. The van der Waals surface area contributed by atoms with Crippen LogP contribution in [0.2, 0.25) is 0 Å². The van der Waals surface area contributed by atoms with Gasteiger partial charge in [-0.25, -0.2) is 4.79 Å². The topological polar surface area (TPSA) is 57.6 Å². The molecule has 2 aliphatic rings. The van der Waals surface area contributed by atoms with Gasteiger partial charge in [-0.2, -0.15) is 0 Å². The molecule has 19 heavy (non-hydrogen) atoms. The average molecular weight is 265 g/mol. The van der Waals surface area contributed by atoms with E-state index in [0.29, 0.717) is 25.2 Å². The third kappa shape index (κ3) is 2.99. The van der Waals surface area contributed by atoms with Crippen molar-refractivity contribution in [2.45, 2.75) is 63.5 Å². The van der Waals surface area contributed by atoms with E-state index in [2.05, 4.69) is 6.58 Å². The highest BCUT2D eigenvalue weighted by molar-refractivity contribution is 5.84. The Kier molecular flexibility index (Phi) is 4.61. The maximum absolute atomic E-state index is 12.3. The average Bonchev–Trinajstić information content (AvgIpc) is 2.43. The number of rotatable bonds is 4. The van der Waals surface area contributed by atoms with Crippen molar-refractivity contribution in [3.63, 3.8) is 0 Å². The fourth-order valence-electron chi connectivity index (χ4n) is 3.59. The molecule has 3 atom stereocenters. The molecule has 0 spiro atoms. The number of aliphatic carboxylic acids is 1. The molecule has 0 aromatic heterocycles. The second-order valence-corrected chi connectivity index (χ2v) is 5.67. The molecular formula is C15H23NO3. The van der Waals surface area contributed by atoms with E-state index in [4.69, 9.17) is 0 Å². The van der Waals surface area contributed by atoms with Crippen LogP contribution in [0.1, 0.15) is 51.4 Å². The highest BCUT2D eigenvalue weighted by Gasteiger charge is 2.43. The first-order valence-electron chi connectivity index (χ1n) is 7.30. The highest BCUT2D eigenvalue weighted by Crippen LogP contribution is 2.38. The van der Waals surface area contributed by atoms with Gasteiger partial charge in [-0.05, 0) is 38.0 Å². The van der Waals surface area contributed by atoms with Crippen molar-refractivity contribution in [1.29, 1.82) is 0 Å². The van der Waals surface area contributed by atoms with Crippen molar-refractivity contribution < 1.29 is 14.7 Å². The second kappa shape index (κ2) is 6.22. The van der Waals surface area contributed by atoms with Crippen LogP contribution in [0.5, 0.6) is 0 Å². The zero-order valence-electron chi connectivity index (χ0n) is 11.4. The van der Waals surface area contributed by atoms with E-state index in [1.807, 2.05) is 0 Å². The summed E-state index contributed by atoms with van der Waals surface area (Å²) in [7, 11) is 0. The summed E-state index contributed by atoms with van der Waals surface area (Å²) in [5.41, 5.74) is 0. The zero-order chi connectivity index (χ0) is 13.8. The molecule has 0 bridgehead atoms. The lowest BCUT2D eigenvalue weighted by atomic mass is 9.76. The van der Waals surface area contributed by atoms with Crippen LogP contribution in [0.15, 0.2) is 12.7 Å². The number of nitrogens with zero attached hydrogens (tertiary/aromatic N) is 1. The van der Waals surface area contributed by atoms with Crippen LogP contribution >= 0.6 is 0 Å². The lowest BCUT2D eigenvalue weighted by Gasteiger charge is -2.47. The van der Waals surface area contributed by atoms with E-state index in [9.17, 15) is 14.7 Å². The number of hydrogen-bond acceptors (Lipinski definition) is 2. The van der Waals surface area contributed by atoms with Gasteiger partial charge in [0, 0.05) is 12.5 Å². The van der Waals surface area contributed by atoms with Crippen LogP contribution in [0.3, 0.4) is 0 Å². The van der Waals surface area contributed by atoms with Gasteiger partial charge in [0.2, 0.25) is 5.91 Å². The number of piperidine rings is 1. The quantitative estimate of drug-likeness (QED) is 0.795. The molecule has 4 nitrogen and oxygen atoms in total. The summed E-state index contributed by atoms with van der Waals surface area (Å²) in [4.78, 5) is 25.4. The molecule has 1 aliphatic carbocycles. The van der Waals surface area contributed by atoms with E-state index < -0.39 is 12.0 Å². The second-order valence-electron chi connectivity index (χ2n) is 5.67. The molecule has 1 saturated carbocycles. The SMILES string of the molecule is C=CCCC(=O)N1C(C(=O)O)CCC2CCCCC21. The van der Waals surface area contributed by atoms with Crippen molar-refractivity contribution in [1.82, 2.24) is 4.90 Å². The van der Waals surface area contributed by atoms with Gasteiger partial charge in [-0.3, -0.25) is 4.79 Å². The number of carbonyl (C=O) groups is 2. The van der Waals surface area contributed by atoms with Crippen molar-refractivity contribution in [2.24, 2.45) is 5.92 Å². The van der Waals surface area contributed by atoms with E-state index in [0.717, 1.165) is 25.7 Å². The number of carboxylic acids is 1. The molecule has 0 radical (unpaired) electrons. The van der Waals surface area contributed by atoms with Gasteiger partial charge >= 0.3 is 5.97 Å². The number of carboxylic acid groups (broad SMARTS) is 1. The van der Waals surface area contributed by atoms with Gasteiger partial charge in [0.05, 0.1) is 0 Å². The van der Waals surface area contributed by atoms with E-state index in [-0.39, 0.29) is 11.9 Å². The Bertz CT molecular complexity index is 366. The fraction of sp³-hybridized carbons (Fsp3) is 0.733. The third-order valence-corrected chi connectivity index (χ3v) is 4.51. The van der Waals surface area contributed by atoms with Crippen molar-refractivity contribution >= 4 is 11.9 Å². The van der Waals surface area contributed by atoms with Gasteiger partial charge < -0.3 is 10.0 Å². The van der Waals surface area contributed by atoms with Crippen LogP contribution in [0, 0.1) is 5.92 Å². The monoisotopic (exact) mass is 265 g/mol. The zero-order valence-corrected chi connectivity index (χ0v) is 11.4. The lowest BCUT2D eigenvalue weighted by molar-refractivity contribution is -0.158. The maximum Gasteiger partial charge on any atom is 0.326 e. The van der Waals surface area contributed by atoms with Crippen LogP contribution < -0.4 is 0 Å². The Labute approximate surface area is 114 Å². The molecule has 0 aromatic carbocycles. The van der Waals surface area contributed by atoms with Gasteiger partial charge in [-0.1, -0.05) is 18.9 Å². The van der Waals surface area contributed by atoms with E-state index in [1.165, 1.54) is 6.42 Å². The highest BCUT2D eigenvalue weighted by atomic mass is 16.4. The van der Waals surface area contributed by atoms with Crippen LogP contribution in [0.4, 0.5) is 0 Å². The first kappa shape index (κ1) is 14.1. The summed E-state index contributed by atoms with van der Waals surface area (Å²) in [6.45, 7) is 3.63. The van der Waals surface area contributed by atoms with Crippen LogP contribution in [-0.2, 0) is 9.59 Å². The Morgan fingerprint density at radius 1 is 1.21 bits per heavy atom. The third-order valence-electron chi connectivity index (χ3n) is 4.51. The standard InChI is InChI=1S/C15H23NO3/c1-2-3-8-14(17)16-12-7-5-4-6-11(12)9-10-13(16)15(18)19/h2,11-13H,1,3-10H2,(H,18,19). The number of hydrogen-bond donors (Lipinski definition) is 1. The fourth-order valence-corrected chi connectivity index (χ4v) is 3.59. The lowest BCUT2D eigenvalue weighted by Crippen LogP contribution is -2.57. The largest absolute Gasteiger partial charge is 0.480 e. The molecule has 1 amide bonds. The van der Waals surface area contributed by atoms with E-state index in [1.54, 1.807) is 11.0 Å². The number of carbonyl (C=O) groups excluding carboxylic acids is 1. The van der Waals surface area contributed by atoms with Crippen molar-refractivity contribution in [3.05, 3.63) is 12.7 Å². The summed E-state index contributed by atoms with van der Waals surface area (Å²) in [5, 5.41) is 9.36. The van der Waals surface area contributed by atoms with Crippen molar-refractivity contribution in [2.75, 3.05) is 0 Å². The van der Waals surface area contributed by atoms with Gasteiger partial charge in [0.25, 0.3) is 0 Å². The number of likely N-dealkylation sites (tertiary alicyclic amines) is 1. The Morgan fingerprint density at radius 2 is 1.95 bits per heavy atom. The molecule has 1 saturated heterocycles. The molecule has 4 heteroatoms. The minimum atomic E-state index is -0.851. The molecule has 2 rings (SSSR count). The van der Waals surface area contributed by atoms with Gasteiger partial charge in [0.15, 0.2) is 0 Å². The van der Waals surface area contributed by atoms with Gasteiger partial charge in [-0.15, -0.1) is 6.58 Å². The minimum absolute atomic E-state index is 0.0103. The smallest absolute Gasteiger partial charge is 0.326 e. The summed E-state index contributed by atoms with van der Waals surface area (Å²) in [6, 6.07) is -0.461. The normalized spacial score (nSPS) is 30.5. The predicted octanol–water partition coefficient (Wildman–Crippen LogP) is 2.59. The van der Waals surface area contributed by atoms with E-state index >= 15 is 0 Å². The number of allylic oxidation sites excluding steroid dienone is 1. The Hall–Kier alpha value is -1.32. The maximum atomic E-state index is 12.3. The summed E-state index contributed by atoms with van der Waals surface area (Å²) in [6.07, 6.45) is 8.72. The molecule has 3 unspecified atom stereocenters. The molecule has 2 fully saturated rings. The summed E-state index contributed by atoms with van der Waals surface area (Å²) < 4.78 is 0. The minimum Gasteiger partial charge on any atom is -0.480 e. The molecule has 1 N–H and O–H groups in total. The van der Waals surface area contributed by atoms with Crippen LogP contribution in [-0.4, -0.2) is 34.0 Å². The Balaban J connectivity index is 2.16. The van der Waals surface area contributed by atoms with Gasteiger partial charge in [0.1, 0.15) is 6.04 Å². The first-order chi connectivity index (χ1) is 9.15. The molecule has 106 valence electrons. The summed E-state index contributed by atoms with van der Waals surface area (Å²) >= 11 is 0. The molecule has 1 aliphatic heterocycles. The molecule has 0 aromatic rings. The molecule has 1 heterocycles. The summed E-state index contributed by atoms with van der Waals surface area (Å²) in [5.74, 6) is -0.350. The van der Waals surface area contributed by atoms with Crippen molar-refractivity contribution in [3.8, 4) is 0 Å². The predicted molar refractivity (Wildman–Crippen MR) is 72.7 cm³/mol. The first-order valence-corrected chi connectivity index (χ1v) is 7.30. The van der Waals surface area contributed by atoms with Crippen LogP contribution in [0.25, 0.3) is 0 Å². The number of fused-ring (bicyclic) bond motifs is 1. The molecular weight excluding hydrogens is 242 g/mol.